The fourth-order valence-electron chi connectivity index (χ4n) is 1.90. The minimum absolute atomic E-state index is 0.0677. The number of hydrogen-bond donors (Lipinski definition) is 2. The van der Waals surface area contributed by atoms with Crippen molar-refractivity contribution in [3.63, 3.8) is 0 Å². The van der Waals surface area contributed by atoms with Gasteiger partial charge in [-0.1, -0.05) is 30.3 Å². The molecule has 0 heterocycles. The van der Waals surface area contributed by atoms with Crippen LogP contribution in [0.25, 0.3) is 0 Å². The lowest BCUT2D eigenvalue weighted by molar-refractivity contribution is -0.135. The second kappa shape index (κ2) is 8.16. The Labute approximate surface area is 123 Å². The first-order chi connectivity index (χ1) is 9.95. The van der Waals surface area contributed by atoms with Gasteiger partial charge in [0, 0.05) is 13.5 Å². The van der Waals surface area contributed by atoms with Crippen LogP contribution < -0.4 is 11.1 Å². The largest absolute Gasteiger partial charge is 0.368 e. The van der Waals surface area contributed by atoms with Gasteiger partial charge in [0.2, 0.25) is 5.91 Å². The minimum Gasteiger partial charge on any atom is -0.368 e. The topological polar surface area (TPSA) is 98.5 Å². The van der Waals surface area contributed by atoms with Crippen molar-refractivity contribution in [2.75, 3.05) is 7.11 Å². The van der Waals surface area contributed by atoms with E-state index in [1.54, 1.807) is 24.3 Å². The molecular weight excluding hydrogens is 272 g/mol. The Morgan fingerprint density at radius 3 is 2.33 bits per heavy atom. The molecule has 0 fully saturated rings. The lowest BCUT2D eigenvalue weighted by atomic mass is 10.1. The van der Waals surface area contributed by atoms with E-state index in [0.717, 1.165) is 0 Å². The van der Waals surface area contributed by atoms with E-state index in [2.05, 4.69) is 5.32 Å². The lowest BCUT2D eigenvalue weighted by Crippen LogP contribution is -2.46. The van der Waals surface area contributed by atoms with Gasteiger partial charge in [-0.15, -0.1) is 0 Å². The number of methoxy groups -OCH3 is 1. The number of carbonyl (C=O) groups excluding carboxylic acids is 3. The van der Waals surface area contributed by atoms with Crippen molar-refractivity contribution in [2.45, 2.75) is 31.9 Å². The predicted molar refractivity (Wildman–Crippen MR) is 77.2 cm³/mol. The highest BCUT2D eigenvalue weighted by molar-refractivity contribution is 5.89. The molecule has 0 spiro atoms. The summed E-state index contributed by atoms with van der Waals surface area (Å²) in [5, 5.41) is 2.53. The molecule has 0 unspecified atom stereocenters. The molecule has 2 atom stereocenters. The van der Waals surface area contributed by atoms with Gasteiger partial charge >= 0.3 is 0 Å². The molecule has 21 heavy (non-hydrogen) atoms. The number of nitrogens with two attached hydrogens (primary N) is 1. The first-order valence-corrected chi connectivity index (χ1v) is 6.62. The van der Waals surface area contributed by atoms with Crippen LogP contribution in [0.15, 0.2) is 30.3 Å². The van der Waals surface area contributed by atoms with Crippen molar-refractivity contribution >= 4 is 17.6 Å². The van der Waals surface area contributed by atoms with Crippen LogP contribution in [0.1, 0.15) is 31.4 Å². The Bertz CT molecular complexity index is 502. The van der Waals surface area contributed by atoms with E-state index in [-0.39, 0.29) is 18.6 Å². The molecule has 0 aromatic heterocycles. The second-order valence-corrected chi connectivity index (χ2v) is 4.73. The van der Waals surface area contributed by atoms with Crippen LogP contribution >= 0.6 is 0 Å². The average Bonchev–Trinajstić information content (AvgIpc) is 2.44. The third kappa shape index (κ3) is 5.35. The number of hydrogen-bond acceptors (Lipinski definition) is 4. The van der Waals surface area contributed by atoms with Crippen molar-refractivity contribution in [1.82, 2.24) is 5.32 Å². The van der Waals surface area contributed by atoms with Crippen molar-refractivity contribution < 1.29 is 19.1 Å². The van der Waals surface area contributed by atoms with Crippen molar-refractivity contribution in [3.05, 3.63) is 35.9 Å². The van der Waals surface area contributed by atoms with Crippen LogP contribution in [0.2, 0.25) is 0 Å². The van der Waals surface area contributed by atoms with Crippen molar-refractivity contribution in [2.24, 2.45) is 5.73 Å². The normalized spacial score (nSPS) is 13.2. The summed E-state index contributed by atoms with van der Waals surface area (Å²) >= 11 is 0. The number of carbonyl (C=O) groups is 3. The van der Waals surface area contributed by atoms with Gasteiger partial charge < -0.3 is 20.6 Å². The van der Waals surface area contributed by atoms with Gasteiger partial charge in [0.25, 0.3) is 5.91 Å². The Morgan fingerprint density at radius 1 is 1.24 bits per heavy atom. The smallest absolute Gasteiger partial charge is 0.254 e. The highest BCUT2D eigenvalue weighted by Gasteiger charge is 2.25. The van der Waals surface area contributed by atoms with E-state index in [4.69, 9.17) is 10.5 Å². The third-order valence-corrected chi connectivity index (χ3v) is 3.02. The van der Waals surface area contributed by atoms with Gasteiger partial charge in [-0.2, -0.15) is 0 Å². The Hall–Kier alpha value is -2.21. The summed E-state index contributed by atoms with van der Waals surface area (Å²) in [5.74, 6) is -1.20. The Morgan fingerprint density at radius 2 is 1.86 bits per heavy atom. The van der Waals surface area contributed by atoms with Gasteiger partial charge in [-0.25, -0.2) is 0 Å². The number of benzene rings is 1. The molecule has 3 N–H and O–H groups in total. The molecule has 1 aromatic carbocycles. The molecule has 1 aromatic rings. The molecule has 0 bridgehead atoms. The number of nitrogens with one attached hydrogen (secondary N) is 1. The molecule has 0 saturated heterocycles. The SMILES string of the molecule is CO[C@@H](C(=O)N[C@@H](CCC(C)=O)C(N)=O)c1ccccc1. The summed E-state index contributed by atoms with van der Waals surface area (Å²) in [5.41, 5.74) is 5.92. The number of rotatable bonds is 8. The van der Waals surface area contributed by atoms with Crippen LogP contribution in [-0.2, 0) is 19.1 Å². The number of amides is 2. The second-order valence-electron chi connectivity index (χ2n) is 4.73. The van der Waals surface area contributed by atoms with Crippen molar-refractivity contribution in [1.29, 1.82) is 0 Å². The maximum absolute atomic E-state index is 12.2. The van der Waals surface area contributed by atoms with E-state index in [0.29, 0.717) is 5.56 Å². The quantitative estimate of drug-likeness (QED) is 0.737. The fourth-order valence-corrected chi connectivity index (χ4v) is 1.90. The number of primary amides is 1. The van der Waals surface area contributed by atoms with E-state index < -0.39 is 24.0 Å². The highest BCUT2D eigenvalue weighted by atomic mass is 16.5. The zero-order chi connectivity index (χ0) is 15.8. The molecule has 0 aliphatic carbocycles. The van der Waals surface area contributed by atoms with E-state index in [1.807, 2.05) is 6.07 Å². The first kappa shape index (κ1) is 16.8. The van der Waals surface area contributed by atoms with Crippen LogP contribution in [0.3, 0.4) is 0 Å². The maximum Gasteiger partial charge on any atom is 0.254 e. The van der Waals surface area contributed by atoms with Crippen molar-refractivity contribution in [3.8, 4) is 0 Å². The summed E-state index contributed by atoms with van der Waals surface area (Å²) in [7, 11) is 1.41. The highest BCUT2D eigenvalue weighted by Crippen LogP contribution is 2.16. The van der Waals surface area contributed by atoms with Gasteiger partial charge in [0.15, 0.2) is 6.10 Å². The number of ether oxygens (including phenoxy) is 1. The van der Waals surface area contributed by atoms with E-state index >= 15 is 0 Å². The maximum atomic E-state index is 12.2. The number of Topliss-reactive ketones (excluding diaryl/α,β-unsaturated/α-hetero) is 1. The molecule has 2 amide bonds. The molecule has 0 aliphatic rings. The Balaban J connectivity index is 2.75. The van der Waals surface area contributed by atoms with Crippen LogP contribution in [0.4, 0.5) is 0 Å². The molecule has 6 nitrogen and oxygen atoms in total. The molecule has 6 heteroatoms. The summed E-state index contributed by atoms with van der Waals surface area (Å²) in [6.45, 7) is 1.42. The van der Waals surface area contributed by atoms with Gasteiger partial charge in [0.1, 0.15) is 11.8 Å². The molecule has 0 saturated carbocycles. The Kier molecular flexibility index (Phi) is 6.55. The average molecular weight is 292 g/mol. The van der Waals surface area contributed by atoms with Gasteiger partial charge in [-0.3, -0.25) is 9.59 Å². The van der Waals surface area contributed by atoms with Gasteiger partial charge in [-0.05, 0) is 18.9 Å². The first-order valence-electron chi connectivity index (χ1n) is 6.62. The summed E-state index contributed by atoms with van der Waals surface area (Å²) in [6, 6.07) is 8.02. The third-order valence-electron chi connectivity index (χ3n) is 3.02. The lowest BCUT2D eigenvalue weighted by Gasteiger charge is -2.20. The summed E-state index contributed by atoms with van der Waals surface area (Å²) in [4.78, 5) is 34.5. The standard InChI is InChI=1S/C15H20N2O4/c1-10(18)8-9-12(14(16)19)17-15(20)13(21-2)11-6-4-3-5-7-11/h3-7,12-13H,8-9H2,1-2H3,(H2,16,19)(H,17,20)/t12-,13+/m0/s1. The van der Waals surface area contributed by atoms with Crippen LogP contribution in [-0.4, -0.2) is 30.7 Å². The molecule has 0 aliphatic heterocycles. The van der Waals surface area contributed by atoms with E-state index in [1.165, 1.54) is 14.0 Å². The summed E-state index contributed by atoms with van der Waals surface area (Å²) < 4.78 is 5.17. The molecule has 114 valence electrons. The van der Waals surface area contributed by atoms with E-state index in [9.17, 15) is 14.4 Å². The monoisotopic (exact) mass is 292 g/mol. The minimum atomic E-state index is -0.886. The predicted octanol–water partition coefficient (Wildman–Crippen LogP) is 0.713. The summed E-state index contributed by atoms with van der Waals surface area (Å²) in [6.07, 6.45) is -0.469. The van der Waals surface area contributed by atoms with Crippen LogP contribution in [0.5, 0.6) is 0 Å². The zero-order valence-electron chi connectivity index (χ0n) is 12.2. The molecule has 0 radical (unpaired) electrons. The van der Waals surface area contributed by atoms with Crippen LogP contribution in [0, 0.1) is 0 Å². The fraction of sp³-hybridized carbons (Fsp3) is 0.400. The van der Waals surface area contributed by atoms with Gasteiger partial charge in [0.05, 0.1) is 0 Å². The molecular formula is C15H20N2O4. The number of ketones is 1. The zero-order valence-corrected chi connectivity index (χ0v) is 12.2. The molecule has 1 rings (SSSR count).